The van der Waals surface area contributed by atoms with Crippen LogP contribution in [-0.4, -0.2) is 84.2 Å². The summed E-state index contributed by atoms with van der Waals surface area (Å²) < 4.78 is 4.87. The zero-order chi connectivity index (χ0) is 33.1. The minimum Gasteiger partial charge on any atom is -0.481 e. The number of hydrogen-bond donors (Lipinski definition) is 4. The lowest BCUT2D eigenvalue weighted by Crippen LogP contribution is -2.47. The number of carbonyl (C=O) groups is 5. The molecule has 45 heavy (non-hydrogen) atoms. The molecular formula is C34H61N3O8. The van der Waals surface area contributed by atoms with Gasteiger partial charge in [0.2, 0.25) is 17.7 Å². The van der Waals surface area contributed by atoms with E-state index in [0.717, 1.165) is 38.5 Å². The third-order valence-corrected chi connectivity index (χ3v) is 8.65. The molecule has 0 bridgehead atoms. The number of unbranched alkanes of at least 4 members (excludes halogenated alkanes) is 15. The monoisotopic (exact) mass is 639 g/mol. The lowest BCUT2D eigenvalue weighted by Gasteiger charge is -2.32. The van der Waals surface area contributed by atoms with Gasteiger partial charge in [-0.3, -0.25) is 19.2 Å². The summed E-state index contributed by atoms with van der Waals surface area (Å²) in [6.07, 6.45) is 20.7. The van der Waals surface area contributed by atoms with Crippen molar-refractivity contribution in [2.45, 2.75) is 147 Å². The summed E-state index contributed by atoms with van der Waals surface area (Å²) in [4.78, 5) is 61.1. The molecule has 1 saturated heterocycles. The maximum atomic E-state index is 12.7. The summed E-state index contributed by atoms with van der Waals surface area (Å²) in [7, 11) is 1.53. The summed E-state index contributed by atoms with van der Waals surface area (Å²) in [5.41, 5.74) is 0. The predicted octanol–water partition coefficient (Wildman–Crippen LogP) is 5.44. The highest BCUT2D eigenvalue weighted by molar-refractivity contribution is 5.86. The highest BCUT2D eigenvalue weighted by atomic mass is 16.5. The molecule has 4 N–H and O–H groups in total. The van der Waals surface area contributed by atoms with Crippen LogP contribution in [0.2, 0.25) is 0 Å². The summed E-state index contributed by atoms with van der Waals surface area (Å²) in [5.74, 6) is -2.66. The second-order valence-corrected chi connectivity index (χ2v) is 12.5. The molecule has 1 rings (SSSR count). The number of ether oxygens (including phenoxy) is 1. The number of aliphatic carboxylic acids is 2. The zero-order valence-electron chi connectivity index (χ0n) is 27.8. The van der Waals surface area contributed by atoms with Crippen molar-refractivity contribution in [1.29, 1.82) is 0 Å². The maximum absolute atomic E-state index is 12.7. The molecule has 0 saturated carbocycles. The van der Waals surface area contributed by atoms with Crippen LogP contribution in [0.4, 0.5) is 0 Å². The fourth-order valence-corrected chi connectivity index (χ4v) is 5.78. The molecule has 0 aliphatic carbocycles. The summed E-state index contributed by atoms with van der Waals surface area (Å²) in [6, 6.07) is -1.12. The second-order valence-electron chi connectivity index (χ2n) is 12.5. The van der Waals surface area contributed by atoms with Crippen molar-refractivity contribution in [3.8, 4) is 0 Å². The molecule has 1 atom stereocenters. The minimum absolute atomic E-state index is 0.00346. The van der Waals surface area contributed by atoms with E-state index in [1.807, 2.05) is 4.90 Å². The normalized spacial score (nSPS) is 14.2. The average Bonchev–Trinajstić information content (AvgIpc) is 3.02. The van der Waals surface area contributed by atoms with Crippen LogP contribution in [0.3, 0.4) is 0 Å². The van der Waals surface area contributed by atoms with Crippen molar-refractivity contribution in [1.82, 2.24) is 15.5 Å². The zero-order valence-corrected chi connectivity index (χ0v) is 27.8. The Morgan fingerprint density at radius 1 is 0.711 bits per heavy atom. The minimum atomic E-state index is -1.16. The molecule has 260 valence electrons. The lowest BCUT2D eigenvalue weighted by atomic mass is 9.95. The molecule has 0 aromatic rings. The molecule has 1 fully saturated rings. The molecule has 1 aliphatic heterocycles. The lowest BCUT2D eigenvalue weighted by molar-refractivity contribution is -0.143. The Kier molecular flexibility index (Phi) is 23.8. The van der Waals surface area contributed by atoms with Gasteiger partial charge in [-0.05, 0) is 32.1 Å². The van der Waals surface area contributed by atoms with E-state index in [-0.39, 0.29) is 36.5 Å². The molecule has 1 heterocycles. The van der Waals surface area contributed by atoms with Crippen molar-refractivity contribution >= 4 is 29.7 Å². The second kappa shape index (κ2) is 26.5. The highest BCUT2D eigenvalue weighted by Crippen LogP contribution is 2.20. The van der Waals surface area contributed by atoms with Gasteiger partial charge in [0.15, 0.2) is 0 Å². The molecular weight excluding hydrogens is 578 g/mol. The van der Waals surface area contributed by atoms with Crippen LogP contribution >= 0.6 is 0 Å². The summed E-state index contributed by atoms with van der Waals surface area (Å²) in [5, 5.41) is 23.3. The number of amides is 3. The number of carboxylic acids is 2. The first kappa shape index (κ1) is 40.3. The molecule has 3 amide bonds. The van der Waals surface area contributed by atoms with E-state index in [0.29, 0.717) is 51.9 Å². The molecule has 1 aliphatic rings. The van der Waals surface area contributed by atoms with Crippen molar-refractivity contribution in [3.05, 3.63) is 0 Å². The van der Waals surface area contributed by atoms with Gasteiger partial charge in [-0.1, -0.05) is 89.9 Å². The molecule has 0 aromatic carbocycles. The Bertz CT molecular complexity index is 845. The van der Waals surface area contributed by atoms with Gasteiger partial charge < -0.3 is 30.5 Å². The van der Waals surface area contributed by atoms with Crippen LogP contribution < -0.4 is 10.6 Å². The number of nitrogens with zero attached hydrogens (tertiary/aromatic N) is 1. The number of rotatable bonds is 28. The number of piperidine rings is 1. The molecule has 11 heteroatoms. The van der Waals surface area contributed by atoms with Gasteiger partial charge >= 0.3 is 11.9 Å². The van der Waals surface area contributed by atoms with E-state index < -0.39 is 18.0 Å². The first-order chi connectivity index (χ1) is 21.7. The first-order valence-corrected chi connectivity index (χ1v) is 17.5. The van der Waals surface area contributed by atoms with Crippen LogP contribution in [0, 0.1) is 5.92 Å². The van der Waals surface area contributed by atoms with E-state index in [9.17, 15) is 29.1 Å². The topological polar surface area (TPSA) is 162 Å². The molecule has 0 aromatic heterocycles. The van der Waals surface area contributed by atoms with Gasteiger partial charge in [0.05, 0.1) is 6.61 Å². The van der Waals surface area contributed by atoms with Crippen LogP contribution in [0.5, 0.6) is 0 Å². The Morgan fingerprint density at radius 2 is 1.18 bits per heavy atom. The number of carboxylic acid groups (broad SMARTS) is 2. The van der Waals surface area contributed by atoms with Crippen LogP contribution in [0.1, 0.15) is 141 Å². The van der Waals surface area contributed by atoms with Gasteiger partial charge in [-0.25, -0.2) is 4.79 Å². The Balaban J connectivity index is 2.02. The Morgan fingerprint density at radius 3 is 1.62 bits per heavy atom. The van der Waals surface area contributed by atoms with E-state index >= 15 is 0 Å². The molecule has 0 unspecified atom stereocenters. The van der Waals surface area contributed by atoms with Crippen molar-refractivity contribution in [2.24, 2.45) is 5.92 Å². The quantitative estimate of drug-likeness (QED) is 0.0823. The van der Waals surface area contributed by atoms with Crippen LogP contribution in [0.25, 0.3) is 0 Å². The molecule has 0 radical (unpaired) electrons. The Hall–Kier alpha value is -2.69. The van der Waals surface area contributed by atoms with Gasteiger partial charge in [-0.2, -0.15) is 0 Å². The van der Waals surface area contributed by atoms with E-state index in [2.05, 4.69) is 10.6 Å². The van der Waals surface area contributed by atoms with Crippen molar-refractivity contribution in [3.63, 3.8) is 0 Å². The molecule has 11 nitrogen and oxygen atoms in total. The molecule has 0 spiro atoms. The van der Waals surface area contributed by atoms with Crippen molar-refractivity contribution < 1.29 is 38.9 Å². The van der Waals surface area contributed by atoms with Gasteiger partial charge in [-0.15, -0.1) is 0 Å². The fraction of sp³-hybridized carbons (Fsp3) is 0.853. The van der Waals surface area contributed by atoms with E-state index in [4.69, 9.17) is 9.84 Å². The van der Waals surface area contributed by atoms with Crippen molar-refractivity contribution in [2.75, 3.05) is 33.4 Å². The summed E-state index contributed by atoms with van der Waals surface area (Å²) >= 11 is 0. The standard InChI is InChI=1S/C34H61N3O8/c1-45-27-24-35-30(38)21-20-29(34(43)44)36-33(42)28-22-25-37(26-23-28)31(39)18-16-14-12-10-8-6-4-2-3-5-7-9-11-13-15-17-19-32(40)41/h28-29H,2-27H2,1H3,(H,35,38)(H,36,42)(H,40,41)(H,43,44)/t29-/m0/s1. The van der Waals surface area contributed by atoms with Crippen LogP contribution in [0.15, 0.2) is 0 Å². The number of hydrogen-bond acceptors (Lipinski definition) is 6. The van der Waals surface area contributed by atoms with E-state index in [1.165, 1.54) is 71.3 Å². The summed E-state index contributed by atoms with van der Waals surface area (Å²) in [6.45, 7) is 1.73. The largest absolute Gasteiger partial charge is 0.481 e. The maximum Gasteiger partial charge on any atom is 0.326 e. The highest BCUT2D eigenvalue weighted by Gasteiger charge is 2.30. The first-order valence-electron chi connectivity index (χ1n) is 17.5. The fourth-order valence-electron chi connectivity index (χ4n) is 5.78. The van der Waals surface area contributed by atoms with Gasteiger partial charge in [0, 0.05) is 51.9 Å². The SMILES string of the molecule is COCCNC(=O)CC[C@H](NC(=O)C1CCN(C(=O)CCCCCCCCCCCCCCCCCCC(=O)O)CC1)C(=O)O. The van der Waals surface area contributed by atoms with Crippen LogP contribution in [-0.2, 0) is 28.7 Å². The number of likely N-dealkylation sites (tertiary alicyclic amines) is 1. The van der Waals surface area contributed by atoms with Gasteiger partial charge in [0.25, 0.3) is 0 Å². The van der Waals surface area contributed by atoms with Gasteiger partial charge in [0.1, 0.15) is 6.04 Å². The third-order valence-electron chi connectivity index (χ3n) is 8.65. The third kappa shape index (κ3) is 21.6. The smallest absolute Gasteiger partial charge is 0.326 e. The number of nitrogens with one attached hydrogen (secondary N) is 2. The number of methoxy groups -OCH3 is 1. The number of carbonyl (C=O) groups excluding carboxylic acids is 3. The Labute approximate surface area is 270 Å². The van der Waals surface area contributed by atoms with E-state index in [1.54, 1.807) is 0 Å². The predicted molar refractivity (Wildman–Crippen MR) is 174 cm³/mol. The average molecular weight is 640 g/mol.